The van der Waals surface area contributed by atoms with E-state index < -0.39 is 0 Å². The minimum absolute atomic E-state index is 0.0910. The SMILES string of the molecule is C=CC(=O)Nc1cccc(Nc2nc(N/C(C=N)=C/NC)ncc2C(C)N(Cc2ccccc2)C(C)=O)c1. The van der Waals surface area contributed by atoms with Crippen LogP contribution in [0.5, 0.6) is 0 Å². The van der Waals surface area contributed by atoms with Gasteiger partial charge in [-0.1, -0.05) is 43.0 Å². The monoisotopic (exact) mass is 512 g/mol. The van der Waals surface area contributed by atoms with Crippen LogP contribution in [0, 0.1) is 5.41 Å². The Morgan fingerprint density at radius 1 is 1.11 bits per heavy atom. The van der Waals surface area contributed by atoms with E-state index >= 15 is 0 Å². The molecule has 1 unspecified atom stereocenters. The fraction of sp³-hybridized carbons (Fsp3) is 0.179. The first-order chi connectivity index (χ1) is 18.3. The maximum atomic E-state index is 12.7. The van der Waals surface area contributed by atoms with Crippen molar-refractivity contribution in [1.29, 1.82) is 5.41 Å². The average Bonchev–Trinajstić information content (AvgIpc) is 2.92. The van der Waals surface area contributed by atoms with Crippen molar-refractivity contribution in [3.8, 4) is 0 Å². The number of carbonyl (C=O) groups excluding carboxylic acids is 2. The van der Waals surface area contributed by atoms with E-state index in [0.29, 0.717) is 35.0 Å². The second kappa shape index (κ2) is 13.4. The van der Waals surface area contributed by atoms with E-state index in [1.165, 1.54) is 13.0 Å². The van der Waals surface area contributed by atoms with Crippen LogP contribution in [0.3, 0.4) is 0 Å². The zero-order chi connectivity index (χ0) is 27.5. The van der Waals surface area contributed by atoms with Crippen molar-refractivity contribution in [3.05, 3.63) is 96.5 Å². The molecule has 3 aromatic rings. The van der Waals surface area contributed by atoms with Gasteiger partial charge >= 0.3 is 0 Å². The second-order valence-electron chi connectivity index (χ2n) is 8.36. The lowest BCUT2D eigenvalue weighted by Crippen LogP contribution is -2.31. The first-order valence-corrected chi connectivity index (χ1v) is 12.0. The topological polar surface area (TPSA) is 135 Å². The number of hydrogen-bond donors (Lipinski definition) is 5. The Hall–Kier alpha value is -4.99. The van der Waals surface area contributed by atoms with E-state index in [2.05, 4.69) is 37.8 Å². The number of amides is 2. The van der Waals surface area contributed by atoms with Gasteiger partial charge in [0, 0.05) is 56.1 Å². The van der Waals surface area contributed by atoms with Gasteiger partial charge in [0.15, 0.2) is 0 Å². The molecule has 2 aromatic carbocycles. The highest BCUT2D eigenvalue weighted by Gasteiger charge is 2.23. The number of hydrogen-bond acceptors (Lipinski definition) is 8. The molecule has 0 bridgehead atoms. The molecule has 1 heterocycles. The molecule has 38 heavy (non-hydrogen) atoms. The van der Waals surface area contributed by atoms with E-state index in [4.69, 9.17) is 5.41 Å². The lowest BCUT2D eigenvalue weighted by Gasteiger charge is -2.30. The van der Waals surface area contributed by atoms with Crippen LogP contribution in [0.25, 0.3) is 0 Å². The van der Waals surface area contributed by atoms with E-state index in [9.17, 15) is 9.59 Å². The van der Waals surface area contributed by atoms with Gasteiger partial charge < -0.3 is 31.6 Å². The minimum atomic E-state index is -0.372. The predicted molar refractivity (Wildman–Crippen MR) is 151 cm³/mol. The number of rotatable bonds is 12. The van der Waals surface area contributed by atoms with Crippen LogP contribution in [0.1, 0.15) is 31.0 Å². The summed E-state index contributed by atoms with van der Waals surface area (Å²) >= 11 is 0. The van der Waals surface area contributed by atoms with E-state index in [1.807, 2.05) is 43.3 Å². The molecule has 0 aliphatic rings. The van der Waals surface area contributed by atoms with E-state index in [-0.39, 0.29) is 23.8 Å². The molecule has 0 radical (unpaired) electrons. The zero-order valence-electron chi connectivity index (χ0n) is 21.7. The third-order valence-electron chi connectivity index (χ3n) is 5.62. The molecule has 5 N–H and O–H groups in total. The standard InChI is InChI=1S/C28H32N8O2/c1-5-26(38)32-22-12-9-13-23(14-22)33-27-25(17-31-28(35-27)34-24(15-29)16-30-4)19(2)36(20(3)37)18-21-10-7-6-8-11-21/h5-17,19,29-30H,1,18H2,2-4H3,(H,32,38)(H2,31,33,34,35)/b24-16+,29-15?. The van der Waals surface area contributed by atoms with Gasteiger partial charge in [0.05, 0.1) is 11.7 Å². The van der Waals surface area contributed by atoms with Crippen molar-refractivity contribution in [2.75, 3.05) is 23.0 Å². The molecular formula is C28H32N8O2. The predicted octanol–water partition coefficient (Wildman–Crippen LogP) is 4.58. The number of aromatic nitrogens is 2. The van der Waals surface area contributed by atoms with Crippen molar-refractivity contribution in [3.63, 3.8) is 0 Å². The second-order valence-corrected chi connectivity index (χ2v) is 8.36. The number of benzene rings is 2. The Bertz CT molecular complexity index is 1320. The number of anilines is 4. The van der Waals surface area contributed by atoms with Gasteiger partial charge in [0.2, 0.25) is 17.8 Å². The van der Waals surface area contributed by atoms with Crippen LogP contribution in [-0.4, -0.2) is 39.9 Å². The van der Waals surface area contributed by atoms with Crippen LogP contribution in [0.2, 0.25) is 0 Å². The highest BCUT2D eigenvalue weighted by Crippen LogP contribution is 2.31. The highest BCUT2D eigenvalue weighted by atomic mass is 16.2. The smallest absolute Gasteiger partial charge is 0.247 e. The lowest BCUT2D eigenvalue weighted by atomic mass is 10.1. The van der Waals surface area contributed by atoms with Crippen molar-refractivity contribution in [1.82, 2.24) is 20.2 Å². The van der Waals surface area contributed by atoms with Crippen molar-refractivity contribution in [2.24, 2.45) is 0 Å². The van der Waals surface area contributed by atoms with Crippen LogP contribution in [0.4, 0.5) is 23.1 Å². The summed E-state index contributed by atoms with van der Waals surface area (Å²) < 4.78 is 0. The lowest BCUT2D eigenvalue weighted by molar-refractivity contribution is -0.131. The maximum absolute atomic E-state index is 12.7. The molecule has 0 aliphatic carbocycles. The molecule has 0 fully saturated rings. The van der Waals surface area contributed by atoms with Gasteiger partial charge in [0.1, 0.15) is 5.82 Å². The molecule has 0 spiro atoms. The number of allylic oxidation sites excluding steroid dienone is 1. The fourth-order valence-corrected chi connectivity index (χ4v) is 3.73. The molecule has 2 amide bonds. The molecule has 1 atom stereocenters. The summed E-state index contributed by atoms with van der Waals surface area (Å²) in [5, 5.41) is 19.5. The molecule has 10 heteroatoms. The van der Waals surface area contributed by atoms with Gasteiger partial charge in [-0.05, 0) is 36.8 Å². The Morgan fingerprint density at radius 2 is 1.84 bits per heavy atom. The molecule has 0 saturated carbocycles. The summed E-state index contributed by atoms with van der Waals surface area (Å²) in [7, 11) is 1.73. The minimum Gasteiger partial charge on any atom is -0.392 e. The van der Waals surface area contributed by atoms with Crippen LogP contribution >= 0.6 is 0 Å². The van der Waals surface area contributed by atoms with Crippen molar-refractivity contribution in [2.45, 2.75) is 26.4 Å². The summed E-state index contributed by atoms with van der Waals surface area (Å²) in [5.74, 6) is 0.322. The normalized spacial score (nSPS) is 11.6. The van der Waals surface area contributed by atoms with E-state index in [0.717, 1.165) is 11.8 Å². The molecule has 0 saturated heterocycles. The molecule has 1 aromatic heterocycles. The van der Waals surface area contributed by atoms with Crippen LogP contribution < -0.4 is 21.3 Å². The molecular weight excluding hydrogens is 480 g/mol. The highest BCUT2D eigenvalue weighted by molar-refractivity contribution is 5.99. The first kappa shape index (κ1) is 27.6. The number of nitrogens with one attached hydrogen (secondary N) is 5. The van der Waals surface area contributed by atoms with Gasteiger partial charge in [-0.2, -0.15) is 4.98 Å². The summed E-state index contributed by atoms with van der Waals surface area (Å²) in [4.78, 5) is 35.3. The number of carbonyl (C=O) groups is 2. The molecule has 0 aliphatic heterocycles. The summed E-state index contributed by atoms with van der Waals surface area (Å²) in [5.41, 5.74) is 3.40. The third-order valence-corrected chi connectivity index (χ3v) is 5.62. The maximum Gasteiger partial charge on any atom is 0.247 e. The Balaban J connectivity index is 2.01. The van der Waals surface area contributed by atoms with Gasteiger partial charge in [-0.15, -0.1) is 0 Å². The summed E-state index contributed by atoms with van der Waals surface area (Å²) in [6.07, 6.45) is 5.62. The zero-order valence-corrected chi connectivity index (χ0v) is 21.7. The number of nitrogens with zero attached hydrogens (tertiary/aromatic N) is 3. The van der Waals surface area contributed by atoms with Gasteiger partial charge in [-0.25, -0.2) is 4.98 Å². The largest absolute Gasteiger partial charge is 0.392 e. The Kier molecular flexibility index (Phi) is 9.70. The van der Waals surface area contributed by atoms with Crippen LogP contribution in [-0.2, 0) is 16.1 Å². The Labute approximate surface area is 222 Å². The van der Waals surface area contributed by atoms with E-state index in [1.54, 1.807) is 42.5 Å². The summed E-state index contributed by atoms with van der Waals surface area (Å²) in [6.45, 7) is 7.36. The molecule has 10 nitrogen and oxygen atoms in total. The quantitative estimate of drug-likeness (QED) is 0.177. The van der Waals surface area contributed by atoms with Gasteiger partial charge in [0.25, 0.3) is 0 Å². The first-order valence-electron chi connectivity index (χ1n) is 12.0. The van der Waals surface area contributed by atoms with Gasteiger partial charge in [-0.3, -0.25) is 9.59 Å². The van der Waals surface area contributed by atoms with Crippen molar-refractivity contribution < 1.29 is 9.59 Å². The fourth-order valence-electron chi connectivity index (χ4n) is 3.73. The average molecular weight is 513 g/mol. The molecule has 196 valence electrons. The van der Waals surface area contributed by atoms with Crippen molar-refractivity contribution >= 4 is 41.2 Å². The third kappa shape index (κ3) is 7.50. The molecule has 3 rings (SSSR count). The Morgan fingerprint density at radius 3 is 2.50 bits per heavy atom. The van der Waals surface area contributed by atoms with Crippen LogP contribution in [0.15, 0.2) is 85.3 Å². The summed E-state index contributed by atoms with van der Waals surface area (Å²) in [6, 6.07) is 16.5.